The lowest BCUT2D eigenvalue weighted by atomic mass is 10.1. The molecule has 0 aromatic carbocycles. The minimum atomic E-state index is -0.0833. The molecule has 0 bridgehead atoms. The first-order valence-corrected chi connectivity index (χ1v) is 15.7. The van der Waals surface area contributed by atoms with Gasteiger partial charge in [-0.2, -0.15) is 0 Å². The Balaban J connectivity index is -0.000000175. The van der Waals surface area contributed by atoms with Gasteiger partial charge < -0.3 is 42.0 Å². The van der Waals surface area contributed by atoms with Gasteiger partial charge in [0.15, 0.2) is 0 Å². The van der Waals surface area contributed by atoms with Crippen LogP contribution in [0.15, 0.2) is 0 Å². The van der Waals surface area contributed by atoms with Crippen molar-refractivity contribution in [1.82, 2.24) is 5.32 Å². The molecule has 0 aliphatic rings. The molecule has 0 saturated heterocycles. The zero-order valence-corrected chi connectivity index (χ0v) is 27.7. The highest BCUT2D eigenvalue weighted by molar-refractivity contribution is 5.71. The van der Waals surface area contributed by atoms with Crippen molar-refractivity contribution in [3.63, 3.8) is 0 Å². The first-order chi connectivity index (χ1) is 18.5. The van der Waals surface area contributed by atoms with Crippen molar-refractivity contribution in [2.45, 2.75) is 141 Å². The first kappa shape index (κ1) is 48.7. The SMILES string of the molecule is C[NH+]=C(N)NCCCCCCCCCCCCCN.NC(N)=[NH2+].NCCCCCCCCCCCCCN.[Cl-].[Cl-]. The maximum absolute atomic E-state index is 5.60. The van der Waals surface area contributed by atoms with Crippen LogP contribution in [0.5, 0.6) is 0 Å². The molecule has 0 unspecified atom stereocenters. The van der Waals surface area contributed by atoms with Gasteiger partial charge in [0.2, 0.25) is 0 Å². The van der Waals surface area contributed by atoms with E-state index in [-0.39, 0.29) is 30.8 Å². The monoisotopic (exact) mass is 616 g/mol. The van der Waals surface area contributed by atoms with Crippen LogP contribution >= 0.6 is 0 Å². The lowest BCUT2D eigenvalue weighted by Crippen LogP contribution is -3.00. The topological polar surface area (TPSA) is 208 Å². The second kappa shape index (κ2) is 47.8. The molecule has 0 atom stereocenters. The highest BCUT2D eigenvalue weighted by Gasteiger charge is 1.96. The Bertz CT molecular complexity index is 455. The van der Waals surface area contributed by atoms with Crippen LogP contribution in [0.3, 0.4) is 0 Å². The molecule has 40 heavy (non-hydrogen) atoms. The fourth-order valence-corrected chi connectivity index (χ4v) is 4.05. The molecule has 9 nitrogen and oxygen atoms in total. The lowest BCUT2D eigenvalue weighted by Gasteiger charge is -2.02. The minimum absolute atomic E-state index is 0. The summed E-state index contributed by atoms with van der Waals surface area (Å²) in [6.07, 6.45) is 29.6. The molecule has 246 valence electrons. The van der Waals surface area contributed by atoms with Crippen LogP contribution < -0.4 is 74.9 Å². The number of hydrogen-bond donors (Lipinski definition) is 9. The molecule has 0 fully saturated rings. The number of rotatable bonds is 25. The summed E-state index contributed by atoms with van der Waals surface area (Å²) in [5.41, 5.74) is 31.1. The summed E-state index contributed by atoms with van der Waals surface area (Å²) in [6, 6.07) is 0. The van der Waals surface area contributed by atoms with Gasteiger partial charge in [-0.15, -0.1) is 0 Å². The van der Waals surface area contributed by atoms with Gasteiger partial charge in [-0.1, -0.05) is 116 Å². The summed E-state index contributed by atoms with van der Waals surface area (Å²) in [7, 11) is 1.83. The Morgan fingerprint density at radius 2 is 0.675 bits per heavy atom. The molecule has 0 saturated carbocycles. The fourth-order valence-electron chi connectivity index (χ4n) is 4.05. The van der Waals surface area contributed by atoms with Gasteiger partial charge in [0.1, 0.15) is 0 Å². The van der Waals surface area contributed by atoms with Crippen LogP contribution in [-0.2, 0) is 0 Å². The van der Waals surface area contributed by atoms with Crippen molar-refractivity contribution in [1.29, 1.82) is 0 Å². The normalized spacial score (nSPS) is 10.2. The molecule has 0 aromatic rings. The predicted octanol–water partition coefficient (Wildman–Crippen LogP) is -4.93. The molecular formula is C29H71Cl2N9. The van der Waals surface area contributed by atoms with Crippen molar-refractivity contribution in [3.8, 4) is 0 Å². The molecule has 0 aromatic heterocycles. The third-order valence-electron chi connectivity index (χ3n) is 6.37. The smallest absolute Gasteiger partial charge is 0.340 e. The summed E-state index contributed by atoms with van der Waals surface area (Å²) in [6.45, 7) is 3.56. The van der Waals surface area contributed by atoms with Crippen molar-refractivity contribution in [3.05, 3.63) is 0 Å². The van der Waals surface area contributed by atoms with Gasteiger partial charge in [-0.25, -0.2) is 0 Å². The zero-order valence-electron chi connectivity index (χ0n) is 26.2. The molecule has 0 radical (unpaired) electrons. The summed E-state index contributed by atoms with van der Waals surface area (Å²) in [5, 5.41) is 7.73. The Morgan fingerprint density at radius 3 is 0.875 bits per heavy atom. The van der Waals surface area contributed by atoms with E-state index in [1.54, 1.807) is 0 Å². The van der Waals surface area contributed by atoms with Gasteiger partial charge in [-0.05, 0) is 45.3 Å². The maximum atomic E-state index is 5.60. The van der Waals surface area contributed by atoms with E-state index < -0.39 is 0 Å². The molecule has 0 aliphatic heterocycles. The van der Waals surface area contributed by atoms with E-state index >= 15 is 0 Å². The first-order valence-electron chi connectivity index (χ1n) is 15.7. The highest BCUT2D eigenvalue weighted by atomic mass is 35.5. The Morgan fingerprint density at radius 1 is 0.475 bits per heavy atom. The summed E-state index contributed by atoms with van der Waals surface area (Å²) in [4.78, 5) is 2.88. The zero-order chi connectivity index (χ0) is 29.0. The van der Waals surface area contributed by atoms with Crippen LogP contribution in [0.4, 0.5) is 0 Å². The van der Waals surface area contributed by atoms with Crippen molar-refractivity contribution < 1.29 is 35.2 Å². The number of unbranched alkanes of at least 4 members (excludes halogenated alkanes) is 20. The van der Waals surface area contributed by atoms with Gasteiger partial charge in [0, 0.05) is 0 Å². The van der Waals surface area contributed by atoms with Crippen molar-refractivity contribution in [2.24, 2.45) is 34.4 Å². The van der Waals surface area contributed by atoms with E-state index in [1.165, 1.54) is 141 Å². The van der Waals surface area contributed by atoms with Crippen molar-refractivity contribution >= 4 is 11.9 Å². The molecular weight excluding hydrogens is 545 g/mol. The maximum Gasteiger partial charge on any atom is 0.340 e. The van der Waals surface area contributed by atoms with E-state index in [9.17, 15) is 0 Å². The van der Waals surface area contributed by atoms with E-state index in [4.69, 9.17) is 22.9 Å². The number of hydrogen-bond acceptors (Lipinski definition) is 3. The van der Waals surface area contributed by atoms with Crippen molar-refractivity contribution in [2.75, 3.05) is 33.2 Å². The average Bonchev–Trinajstić information content (AvgIpc) is 2.90. The molecule has 0 aliphatic carbocycles. The van der Waals surface area contributed by atoms with Crippen LogP contribution in [0, 0.1) is 0 Å². The quantitative estimate of drug-likeness (QED) is 0.0277. The van der Waals surface area contributed by atoms with Crippen LogP contribution in [-0.4, -0.2) is 45.1 Å². The van der Waals surface area contributed by atoms with E-state index in [1.807, 2.05) is 7.05 Å². The molecule has 0 amide bonds. The van der Waals surface area contributed by atoms with Gasteiger partial charge in [0.25, 0.3) is 0 Å². The fraction of sp³-hybridized carbons (Fsp3) is 0.931. The Hall–Kier alpha value is -1.00. The number of nitrogens with two attached hydrogens (primary N) is 7. The molecule has 0 spiro atoms. The van der Waals surface area contributed by atoms with Gasteiger partial charge in [-0.3, -0.25) is 32.9 Å². The third-order valence-corrected chi connectivity index (χ3v) is 6.37. The average molecular weight is 617 g/mol. The second-order valence-electron chi connectivity index (χ2n) is 10.2. The molecule has 16 N–H and O–H groups in total. The molecule has 0 heterocycles. The minimum Gasteiger partial charge on any atom is -1.00 e. The van der Waals surface area contributed by atoms with E-state index in [0.717, 1.165) is 26.2 Å². The third kappa shape index (κ3) is 61.2. The van der Waals surface area contributed by atoms with Gasteiger partial charge >= 0.3 is 11.9 Å². The highest BCUT2D eigenvalue weighted by Crippen LogP contribution is 2.12. The summed E-state index contributed by atoms with van der Waals surface area (Å²) in [5.74, 6) is 0.592. The summed E-state index contributed by atoms with van der Waals surface area (Å²) >= 11 is 0. The number of nitrogens with one attached hydrogen (secondary N) is 2. The van der Waals surface area contributed by atoms with Crippen LogP contribution in [0.2, 0.25) is 0 Å². The van der Waals surface area contributed by atoms with E-state index in [0.29, 0.717) is 5.96 Å². The number of halogens is 2. The number of guanidine groups is 2. The van der Waals surface area contributed by atoms with E-state index in [2.05, 4.69) is 27.2 Å². The molecule has 0 rings (SSSR count). The Kier molecular flexibility index (Phi) is 58.2. The summed E-state index contributed by atoms with van der Waals surface area (Å²) < 4.78 is 0. The predicted molar refractivity (Wildman–Crippen MR) is 168 cm³/mol. The van der Waals surface area contributed by atoms with Gasteiger partial charge in [0.05, 0.1) is 13.6 Å². The van der Waals surface area contributed by atoms with Crippen LogP contribution in [0.25, 0.3) is 0 Å². The molecule has 11 heteroatoms. The standard InChI is InChI=1S/C15H34N4.C13H30N2.CH5N3.2ClH/c1-18-15(17)19-14-12-10-8-6-4-2-3-5-7-9-11-13-16;14-12-10-8-6-4-2-1-3-5-7-9-11-13-15;2-1(3)4;;/h2-14,16H2,1H3,(H3,17,18,19);1-15H2;(H5,2,3,4);2*1H. The lowest BCUT2D eigenvalue weighted by molar-refractivity contribution is -0.423. The second-order valence-corrected chi connectivity index (χ2v) is 10.2. The van der Waals surface area contributed by atoms with Crippen LogP contribution in [0.1, 0.15) is 141 Å². The Labute approximate surface area is 260 Å². The largest absolute Gasteiger partial charge is 1.00 e.